The molecule has 0 aromatic carbocycles. The number of carboxylic acids is 1. The predicted molar refractivity (Wildman–Crippen MR) is 84.8 cm³/mol. The van der Waals surface area contributed by atoms with Crippen molar-refractivity contribution in [2.75, 3.05) is 19.6 Å². The smallest absolute Gasteiger partial charge is 0.451 e. The van der Waals surface area contributed by atoms with Crippen LogP contribution in [-0.4, -0.2) is 78.4 Å². The molecule has 0 amide bonds. The highest BCUT2D eigenvalue weighted by Crippen LogP contribution is 2.32. The Bertz CT molecular complexity index is 607. The lowest BCUT2D eigenvalue weighted by Gasteiger charge is -2.25. The van der Waals surface area contributed by atoms with Gasteiger partial charge < -0.3 is 26.6 Å². The highest BCUT2D eigenvalue weighted by atomic mass is 32.2. The van der Waals surface area contributed by atoms with Crippen molar-refractivity contribution in [1.29, 1.82) is 0 Å². The first-order valence-electron chi connectivity index (χ1n) is 7.65. The molecule has 0 aromatic rings. The van der Waals surface area contributed by atoms with Gasteiger partial charge >= 0.3 is 19.3 Å². The molecule has 10 nitrogen and oxygen atoms in total. The van der Waals surface area contributed by atoms with Crippen LogP contribution in [0.4, 0.5) is 13.2 Å². The van der Waals surface area contributed by atoms with Crippen LogP contribution in [0.1, 0.15) is 12.8 Å². The van der Waals surface area contributed by atoms with E-state index < -0.39 is 60.1 Å². The fourth-order valence-corrected chi connectivity index (χ4v) is 3.95. The Hall–Kier alpha value is -0.965. The van der Waals surface area contributed by atoms with Gasteiger partial charge in [-0.2, -0.15) is 25.9 Å². The Balaban J connectivity index is 2.82. The minimum atomic E-state index is -4.79. The summed E-state index contributed by atoms with van der Waals surface area (Å²) in [7, 11) is -6.03. The van der Waals surface area contributed by atoms with Crippen LogP contribution in [0.5, 0.6) is 0 Å². The zero-order valence-corrected chi connectivity index (χ0v) is 14.5. The van der Waals surface area contributed by atoms with Gasteiger partial charge in [0, 0.05) is 25.6 Å². The fourth-order valence-electron chi connectivity index (χ4n) is 2.62. The Morgan fingerprint density at radius 1 is 1.42 bits per heavy atom. The molecule has 0 aromatic heterocycles. The summed E-state index contributed by atoms with van der Waals surface area (Å²) in [6.07, 6.45) is -4.58. The van der Waals surface area contributed by atoms with Gasteiger partial charge in [0.05, 0.1) is 0 Å². The Morgan fingerprint density at radius 3 is 2.46 bits per heavy atom. The molecule has 1 unspecified atom stereocenters. The molecular weight excluding hydrogens is 384 g/mol. The minimum absolute atomic E-state index is 0.0579. The van der Waals surface area contributed by atoms with E-state index >= 15 is 0 Å². The van der Waals surface area contributed by atoms with Crippen LogP contribution in [-0.2, 0) is 15.0 Å². The lowest BCUT2D eigenvalue weighted by molar-refractivity contribution is -0.146. The molecule has 15 heteroatoms. The number of rotatable bonds is 9. The van der Waals surface area contributed by atoms with Crippen molar-refractivity contribution in [3.8, 4) is 0 Å². The molecule has 152 valence electrons. The molecule has 0 bridgehead atoms. The topological polar surface area (TPSA) is 179 Å². The minimum Gasteiger partial charge on any atom is -0.480 e. The SMILES string of the molecule is NC(CNS(=O)(=O)N1C[C@H](CCCB(O)O)[C@](N)(C(=O)O)C1)C(F)(F)F. The van der Waals surface area contributed by atoms with E-state index in [0.29, 0.717) is 4.31 Å². The van der Waals surface area contributed by atoms with E-state index in [4.69, 9.17) is 21.5 Å². The van der Waals surface area contributed by atoms with Crippen molar-refractivity contribution in [3.63, 3.8) is 0 Å². The highest BCUT2D eigenvalue weighted by Gasteiger charge is 2.52. The van der Waals surface area contributed by atoms with Crippen molar-refractivity contribution >= 4 is 23.3 Å². The summed E-state index contributed by atoms with van der Waals surface area (Å²) in [5, 5.41) is 27.0. The van der Waals surface area contributed by atoms with Gasteiger partial charge in [0.1, 0.15) is 11.6 Å². The van der Waals surface area contributed by atoms with E-state index in [1.165, 1.54) is 0 Å². The van der Waals surface area contributed by atoms with Crippen LogP contribution >= 0.6 is 0 Å². The van der Waals surface area contributed by atoms with Crippen molar-refractivity contribution < 1.29 is 41.5 Å². The molecule has 1 aliphatic rings. The van der Waals surface area contributed by atoms with Gasteiger partial charge in [0.15, 0.2) is 0 Å². The second-order valence-electron chi connectivity index (χ2n) is 6.25. The van der Waals surface area contributed by atoms with E-state index in [1.807, 2.05) is 0 Å². The zero-order valence-electron chi connectivity index (χ0n) is 13.7. The lowest BCUT2D eigenvalue weighted by atomic mass is 9.78. The van der Waals surface area contributed by atoms with Crippen LogP contribution in [0.3, 0.4) is 0 Å². The Morgan fingerprint density at radius 2 is 2.00 bits per heavy atom. The summed E-state index contributed by atoms with van der Waals surface area (Å²) in [6.45, 7) is -2.07. The van der Waals surface area contributed by atoms with Crippen molar-refractivity contribution in [3.05, 3.63) is 0 Å². The standard InChI is InChI=1S/C11H22BF3N4O6S/c13-11(14,15)8(16)4-18-26(24,25)19-5-7(2-1-3-12(22)23)10(17,6-19)9(20)21/h7-8,18,22-23H,1-6,16-17H2,(H,20,21)/t7-,8?,10-/m0/s1. The van der Waals surface area contributed by atoms with E-state index in [1.54, 1.807) is 4.72 Å². The molecule has 1 saturated heterocycles. The van der Waals surface area contributed by atoms with Crippen molar-refractivity contribution in [2.24, 2.45) is 17.4 Å². The second-order valence-corrected chi connectivity index (χ2v) is 8.00. The Kier molecular flexibility index (Phi) is 7.43. The van der Waals surface area contributed by atoms with Crippen LogP contribution in [0.15, 0.2) is 0 Å². The van der Waals surface area contributed by atoms with Gasteiger partial charge in [0.2, 0.25) is 0 Å². The van der Waals surface area contributed by atoms with Gasteiger partial charge in [-0.25, -0.2) is 4.72 Å². The largest absolute Gasteiger partial charge is 0.480 e. The Labute approximate surface area is 148 Å². The molecule has 1 heterocycles. The molecule has 3 atom stereocenters. The summed E-state index contributed by atoms with van der Waals surface area (Å²) in [5.41, 5.74) is 8.71. The van der Waals surface area contributed by atoms with Crippen molar-refractivity contribution in [2.45, 2.75) is 36.9 Å². The molecule has 0 saturated carbocycles. The molecule has 0 aliphatic carbocycles. The normalized spacial score (nSPS) is 26.0. The number of nitrogens with two attached hydrogens (primary N) is 2. The molecule has 0 radical (unpaired) electrons. The average molecular weight is 406 g/mol. The fraction of sp³-hybridized carbons (Fsp3) is 0.909. The molecule has 8 N–H and O–H groups in total. The number of aliphatic carboxylic acids is 1. The molecule has 0 spiro atoms. The van der Waals surface area contributed by atoms with Gasteiger partial charge in [-0.3, -0.25) is 4.79 Å². The number of nitrogens with one attached hydrogen (secondary N) is 1. The number of alkyl halides is 3. The van der Waals surface area contributed by atoms with Crippen LogP contribution in [0, 0.1) is 5.92 Å². The maximum absolute atomic E-state index is 12.4. The van der Waals surface area contributed by atoms with Gasteiger partial charge in [-0.1, -0.05) is 6.42 Å². The third-order valence-electron chi connectivity index (χ3n) is 4.25. The predicted octanol–water partition coefficient (Wildman–Crippen LogP) is -2.32. The van der Waals surface area contributed by atoms with E-state index in [-0.39, 0.29) is 25.7 Å². The second kappa shape index (κ2) is 8.37. The first kappa shape index (κ1) is 23.1. The van der Waals surface area contributed by atoms with E-state index in [0.717, 1.165) is 0 Å². The lowest BCUT2D eigenvalue weighted by Crippen LogP contribution is -2.56. The maximum Gasteiger partial charge on any atom is 0.451 e. The molecule has 26 heavy (non-hydrogen) atoms. The van der Waals surface area contributed by atoms with Crippen molar-refractivity contribution in [1.82, 2.24) is 9.03 Å². The number of carboxylic acid groups (broad SMARTS) is 1. The number of hydrogen-bond donors (Lipinski definition) is 6. The molecule has 1 rings (SSSR count). The summed E-state index contributed by atoms with van der Waals surface area (Å²) in [6, 6.07) is -2.41. The summed E-state index contributed by atoms with van der Waals surface area (Å²) in [5.74, 6) is -2.32. The maximum atomic E-state index is 12.4. The van der Waals surface area contributed by atoms with Crippen LogP contribution in [0.25, 0.3) is 0 Å². The summed E-state index contributed by atoms with van der Waals surface area (Å²) < 4.78 is 63.8. The third kappa shape index (κ3) is 5.77. The molecule has 1 fully saturated rings. The van der Waals surface area contributed by atoms with E-state index in [9.17, 15) is 31.5 Å². The highest BCUT2D eigenvalue weighted by molar-refractivity contribution is 7.87. The first-order valence-corrected chi connectivity index (χ1v) is 9.09. The molecule has 1 aliphatic heterocycles. The third-order valence-corrected chi connectivity index (χ3v) is 5.74. The van der Waals surface area contributed by atoms with E-state index in [2.05, 4.69) is 0 Å². The summed E-state index contributed by atoms with van der Waals surface area (Å²) in [4.78, 5) is 11.5. The molecular formula is C11H22BF3N4O6S. The number of hydrogen-bond acceptors (Lipinski definition) is 7. The number of nitrogens with zero attached hydrogens (tertiary/aromatic N) is 1. The summed E-state index contributed by atoms with van der Waals surface area (Å²) >= 11 is 0. The monoisotopic (exact) mass is 406 g/mol. The first-order chi connectivity index (χ1) is 11.7. The van der Waals surface area contributed by atoms with Gasteiger partial charge in [0.25, 0.3) is 10.2 Å². The van der Waals surface area contributed by atoms with Gasteiger partial charge in [-0.05, 0) is 12.7 Å². The number of carbonyl (C=O) groups is 1. The quantitative estimate of drug-likeness (QED) is 0.231. The number of halogens is 3. The zero-order chi connectivity index (χ0) is 20.3. The van der Waals surface area contributed by atoms with Crippen LogP contribution < -0.4 is 16.2 Å². The van der Waals surface area contributed by atoms with Gasteiger partial charge in [-0.15, -0.1) is 0 Å². The van der Waals surface area contributed by atoms with Crippen LogP contribution in [0.2, 0.25) is 6.32 Å². The average Bonchev–Trinajstić information content (AvgIpc) is 2.83.